The zero-order valence-electron chi connectivity index (χ0n) is 20.1. The van der Waals surface area contributed by atoms with Gasteiger partial charge in [-0.3, -0.25) is 0 Å². The van der Waals surface area contributed by atoms with E-state index >= 15 is 0 Å². The van der Waals surface area contributed by atoms with Gasteiger partial charge in [0.15, 0.2) is 0 Å². The van der Waals surface area contributed by atoms with Crippen molar-refractivity contribution in [3.63, 3.8) is 0 Å². The van der Waals surface area contributed by atoms with Crippen LogP contribution < -0.4 is 0 Å². The monoisotopic (exact) mass is 438 g/mol. The van der Waals surface area contributed by atoms with Gasteiger partial charge in [0.05, 0.1) is 0 Å². The fourth-order valence-electron chi connectivity index (χ4n) is 4.22. The molecule has 0 atom stereocenters. The molecule has 0 spiro atoms. The van der Waals surface area contributed by atoms with E-state index in [0.29, 0.717) is 0 Å². The summed E-state index contributed by atoms with van der Waals surface area (Å²) in [4.78, 5) is 0. The fourth-order valence-corrected chi connectivity index (χ4v) is 4.22. The van der Waals surface area contributed by atoms with Crippen molar-refractivity contribution in [2.75, 3.05) is 0 Å². The summed E-state index contributed by atoms with van der Waals surface area (Å²) in [6.45, 7) is 13.6. The van der Waals surface area contributed by atoms with Gasteiger partial charge in [0, 0.05) is 17.1 Å². The predicted molar refractivity (Wildman–Crippen MR) is 128 cm³/mol. The van der Waals surface area contributed by atoms with Crippen molar-refractivity contribution in [3.8, 4) is 0 Å². The molecule has 0 aliphatic rings. The van der Waals surface area contributed by atoms with Crippen LogP contribution in [-0.4, -0.2) is 0 Å². The van der Waals surface area contributed by atoms with Crippen molar-refractivity contribution < 1.29 is 17.1 Å². The Kier molecular flexibility index (Phi) is 16.5. The van der Waals surface area contributed by atoms with Crippen LogP contribution in [0.5, 0.6) is 0 Å². The summed E-state index contributed by atoms with van der Waals surface area (Å²) in [5.41, 5.74) is 9.55. The minimum atomic E-state index is 0. The molecular formula is C28H46Fe-6. The molecule has 0 fully saturated rings. The van der Waals surface area contributed by atoms with Gasteiger partial charge < -0.3 is 28.8 Å². The van der Waals surface area contributed by atoms with Crippen LogP contribution in [-0.2, 0) is 55.6 Å². The molecule has 0 aromatic heterocycles. The number of rotatable bonds is 12. The van der Waals surface area contributed by atoms with Crippen molar-refractivity contribution in [1.29, 1.82) is 0 Å². The zero-order chi connectivity index (χ0) is 20.8. The van der Waals surface area contributed by atoms with Crippen molar-refractivity contribution in [1.82, 2.24) is 0 Å². The van der Waals surface area contributed by atoms with Gasteiger partial charge >= 0.3 is 0 Å². The second-order valence-electron chi connectivity index (χ2n) is 8.33. The van der Waals surface area contributed by atoms with E-state index in [0.717, 1.165) is 0 Å². The Balaban J connectivity index is 0.000000523. The summed E-state index contributed by atoms with van der Waals surface area (Å²) in [6.07, 6.45) is 15.2. The summed E-state index contributed by atoms with van der Waals surface area (Å²) in [6, 6.07) is 9.71. The van der Waals surface area contributed by atoms with E-state index in [1.807, 2.05) is 0 Å². The maximum atomic E-state index is 2.43. The molecule has 0 N–H and O–H groups in total. The Hall–Kier alpha value is -0.781. The largest absolute Gasteiger partial charge is 0.743 e. The van der Waals surface area contributed by atoms with Crippen LogP contribution in [0, 0.1) is 0 Å². The first kappa shape index (κ1) is 28.2. The van der Waals surface area contributed by atoms with Crippen molar-refractivity contribution in [3.05, 3.63) is 57.6 Å². The molecule has 0 heterocycles. The molecule has 0 saturated carbocycles. The third kappa shape index (κ3) is 10.2. The molecule has 0 saturated heterocycles. The summed E-state index contributed by atoms with van der Waals surface area (Å²) >= 11 is 0. The zero-order valence-corrected chi connectivity index (χ0v) is 21.3. The molecule has 1 heteroatoms. The van der Waals surface area contributed by atoms with Crippen molar-refractivity contribution in [2.45, 2.75) is 119 Å². The summed E-state index contributed by atoms with van der Waals surface area (Å²) in [5, 5.41) is 0. The van der Waals surface area contributed by atoms with E-state index in [1.54, 1.807) is 33.4 Å². The minimum Gasteiger partial charge on any atom is -0.743 e. The topological polar surface area (TPSA) is 0 Å². The van der Waals surface area contributed by atoms with Gasteiger partial charge in [-0.25, -0.2) is 19.3 Å². The van der Waals surface area contributed by atoms with Gasteiger partial charge in [-0.15, -0.1) is 0 Å². The van der Waals surface area contributed by atoms with Crippen LogP contribution in [0.2, 0.25) is 0 Å². The van der Waals surface area contributed by atoms with E-state index in [9.17, 15) is 0 Å². The van der Waals surface area contributed by atoms with Gasteiger partial charge in [0.1, 0.15) is 0 Å². The SMILES string of the molecule is CCC[c-]1[cH-][c-](CCC)[c-](CCC)[cH-]1.CCCc1c[c-](CCC)cc1CCC.[Fe]. The Morgan fingerprint density at radius 2 is 1.00 bits per heavy atom. The smallest absolute Gasteiger partial charge is 0 e. The standard InChI is InChI=1S/2C14H23.Fe/c2*1-4-7-12-10-13(8-5-2)14(11-12)9-6-3;/h2*10-11H,4-9H2,1-3H3;/q-5;-1;. The normalized spacial score (nSPS) is 10.4. The molecular weight excluding hydrogens is 392 g/mol. The van der Waals surface area contributed by atoms with Crippen LogP contribution in [0.3, 0.4) is 0 Å². The predicted octanol–water partition coefficient (Wildman–Crippen LogP) is 8.52. The van der Waals surface area contributed by atoms with E-state index < -0.39 is 0 Å². The molecule has 0 aliphatic carbocycles. The van der Waals surface area contributed by atoms with E-state index in [2.05, 4.69) is 65.8 Å². The van der Waals surface area contributed by atoms with Crippen LogP contribution in [0.25, 0.3) is 0 Å². The van der Waals surface area contributed by atoms with Gasteiger partial charge in [-0.1, -0.05) is 99.3 Å². The number of hydrogen-bond donors (Lipinski definition) is 0. The molecule has 172 valence electrons. The minimum absolute atomic E-state index is 0. The molecule has 0 amide bonds. The molecule has 0 bridgehead atoms. The summed E-state index contributed by atoms with van der Waals surface area (Å²) in [7, 11) is 0. The van der Waals surface area contributed by atoms with Gasteiger partial charge in [-0.05, 0) is 0 Å². The first-order chi connectivity index (χ1) is 13.6. The van der Waals surface area contributed by atoms with Crippen LogP contribution in [0.4, 0.5) is 0 Å². The van der Waals surface area contributed by atoms with Crippen LogP contribution in [0.1, 0.15) is 113 Å². The quantitative estimate of drug-likeness (QED) is 0.230. The number of aryl methyl sites for hydroxylation is 6. The maximum Gasteiger partial charge on any atom is 0 e. The van der Waals surface area contributed by atoms with E-state index in [-0.39, 0.29) is 17.1 Å². The van der Waals surface area contributed by atoms with E-state index in [4.69, 9.17) is 0 Å². The third-order valence-electron chi connectivity index (χ3n) is 5.42. The Morgan fingerprint density at radius 1 is 0.586 bits per heavy atom. The first-order valence-electron chi connectivity index (χ1n) is 12.2. The van der Waals surface area contributed by atoms with Gasteiger partial charge in [0.25, 0.3) is 0 Å². The van der Waals surface area contributed by atoms with Crippen LogP contribution >= 0.6 is 0 Å². The molecule has 2 aromatic carbocycles. The fraction of sp³-hybridized carbons (Fsp3) is 0.643. The van der Waals surface area contributed by atoms with Crippen molar-refractivity contribution >= 4 is 0 Å². The van der Waals surface area contributed by atoms with Crippen molar-refractivity contribution in [2.24, 2.45) is 0 Å². The molecule has 2 aromatic rings. The average Bonchev–Trinajstić information content (AvgIpc) is 3.22. The molecule has 2 rings (SSSR count). The molecule has 0 unspecified atom stereocenters. The molecule has 0 radical (unpaired) electrons. The summed E-state index contributed by atoms with van der Waals surface area (Å²) in [5.74, 6) is 0. The van der Waals surface area contributed by atoms with E-state index in [1.165, 1.54) is 77.0 Å². The second kappa shape index (κ2) is 17.0. The second-order valence-corrected chi connectivity index (χ2v) is 8.33. The Labute approximate surface area is 193 Å². The van der Waals surface area contributed by atoms with Gasteiger partial charge in [-0.2, -0.15) is 28.8 Å². The van der Waals surface area contributed by atoms with Crippen LogP contribution in [0.15, 0.2) is 24.3 Å². The number of hydrogen-bond acceptors (Lipinski definition) is 0. The maximum absolute atomic E-state index is 2.43. The van der Waals surface area contributed by atoms with Gasteiger partial charge in [0.2, 0.25) is 0 Å². The first-order valence-corrected chi connectivity index (χ1v) is 12.2. The third-order valence-corrected chi connectivity index (χ3v) is 5.42. The molecule has 0 nitrogen and oxygen atoms in total. The summed E-state index contributed by atoms with van der Waals surface area (Å²) < 4.78 is 0. The molecule has 0 aliphatic heterocycles. The average molecular weight is 439 g/mol. The Morgan fingerprint density at radius 3 is 1.34 bits per heavy atom. The Bertz CT molecular complexity index is 526. The molecule has 29 heavy (non-hydrogen) atoms.